The molecule has 1 aliphatic rings. The Labute approximate surface area is 298 Å². The standard InChI is InChI=1S/C47H29N3O2/c1-2-10-30-25-32(23-20-28(30)9-1)45-48-46(50-47(49-45)38-14-8-18-42-44(38)37-12-4-6-16-40(37)52-42)33-24-21-29-19-22-31(26-34(29)27-33)35-13-7-17-41-43(35)36-11-3-5-15-39(36)51-41/h2-8,10-27H,1,9H2. The van der Waals surface area contributed by atoms with Gasteiger partial charge in [-0.2, -0.15) is 0 Å². The summed E-state index contributed by atoms with van der Waals surface area (Å²) in [5.74, 6) is 1.87. The molecule has 10 aromatic rings. The Morgan fingerprint density at radius 2 is 1.02 bits per heavy atom. The molecule has 0 amide bonds. The van der Waals surface area contributed by atoms with Crippen molar-refractivity contribution in [2.75, 3.05) is 0 Å². The number of nitrogens with zero attached hydrogens (tertiary/aromatic N) is 3. The lowest BCUT2D eigenvalue weighted by atomic mass is 9.95. The van der Waals surface area contributed by atoms with Crippen LogP contribution in [0.15, 0.2) is 154 Å². The molecule has 244 valence electrons. The monoisotopic (exact) mass is 667 g/mol. The minimum Gasteiger partial charge on any atom is -0.456 e. The predicted molar refractivity (Wildman–Crippen MR) is 211 cm³/mol. The molecular formula is C47H29N3O2. The van der Waals surface area contributed by atoms with Crippen molar-refractivity contribution in [3.63, 3.8) is 0 Å². The molecule has 0 radical (unpaired) electrons. The van der Waals surface area contributed by atoms with Gasteiger partial charge in [0, 0.05) is 38.2 Å². The van der Waals surface area contributed by atoms with Crippen LogP contribution in [0.5, 0.6) is 0 Å². The molecule has 0 spiro atoms. The van der Waals surface area contributed by atoms with E-state index >= 15 is 0 Å². The predicted octanol–water partition coefficient (Wildman–Crippen LogP) is 12.5. The van der Waals surface area contributed by atoms with Crippen LogP contribution >= 0.6 is 0 Å². The summed E-state index contributed by atoms with van der Waals surface area (Å²) in [6.45, 7) is 0. The number of hydrogen-bond donors (Lipinski definition) is 0. The molecule has 3 heterocycles. The van der Waals surface area contributed by atoms with Crippen LogP contribution in [0.3, 0.4) is 0 Å². The van der Waals surface area contributed by atoms with E-state index in [1.807, 2.05) is 48.5 Å². The topological polar surface area (TPSA) is 65.0 Å². The number of para-hydroxylation sites is 2. The Morgan fingerprint density at radius 1 is 0.442 bits per heavy atom. The number of benzene rings is 7. The van der Waals surface area contributed by atoms with Crippen molar-refractivity contribution in [2.45, 2.75) is 12.8 Å². The molecule has 0 aliphatic heterocycles. The van der Waals surface area contributed by atoms with E-state index in [0.717, 1.165) is 95.3 Å². The first-order chi connectivity index (χ1) is 25.7. The highest BCUT2D eigenvalue weighted by Gasteiger charge is 2.19. The van der Waals surface area contributed by atoms with Crippen molar-refractivity contribution in [3.8, 4) is 45.3 Å². The third kappa shape index (κ3) is 4.60. The Kier molecular flexibility index (Phi) is 6.31. The maximum Gasteiger partial charge on any atom is 0.164 e. The molecule has 1 aliphatic carbocycles. The maximum absolute atomic E-state index is 6.26. The molecule has 0 fully saturated rings. The lowest BCUT2D eigenvalue weighted by molar-refractivity contribution is 0.668. The minimum absolute atomic E-state index is 0.609. The third-order valence-corrected chi connectivity index (χ3v) is 10.4. The molecule has 52 heavy (non-hydrogen) atoms. The summed E-state index contributed by atoms with van der Waals surface area (Å²) >= 11 is 0. The van der Waals surface area contributed by atoms with Crippen LogP contribution in [0.2, 0.25) is 0 Å². The van der Waals surface area contributed by atoms with E-state index in [1.165, 1.54) is 11.1 Å². The second-order valence-electron chi connectivity index (χ2n) is 13.5. The van der Waals surface area contributed by atoms with Crippen molar-refractivity contribution in [3.05, 3.63) is 157 Å². The normalized spacial score (nSPS) is 12.8. The second kappa shape index (κ2) is 11.3. The highest BCUT2D eigenvalue weighted by atomic mass is 16.3. The zero-order chi connectivity index (χ0) is 34.2. The lowest BCUT2D eigenvalue weighted by Gasteiger charge is -2.13. The smallest absolute Gasteiger partial charge is 0.164 e. The largest absolute Gasteiger partial charge is 0.456 e. The van der Waals surface area contributed by atoms with Crippen LogP contribution in [0.1, 0.15) is 17.5 Å². The molecule has 0 bridgehead atoms. The summed E-state index contributed by atoms with van der Waals surface area (Å²) in [7, 11) is 0. The fourth-order valence-electron chi connectivity index (χ4n) is 7.85. The second-order valence-corrected chi connectivity index (χ2v) is 13.5. The van der Waals surface area contributed by atoms with Gasteiger partial charge in [-0.1, -0.05) is 109 Å². The Balaban J connectivity index is 1.11. The molecule has 0 saturated carbocycles. The summed E-state index contributed by atoms with van der Waals surface area (Å²) in [6, 6.07) is 48.4. The zero-order valence-electron chi connectivity index (χ0n) is 28.0. The van der Waals surface area contributed by atoms with Crippen molar-refractivity contribution >= 4 is 60.7 Å². The van der Waals surface area contributed by atoms with Crippen molar-refractivity contribution in [1.82, 2.24) is 15.0 Å². The maximum atomic E-state index is 6.26. The van der Waals surface area contributed by atoms with Crippen LogP contribution in [0, 0.1) is 0 Å². The van der Waals surface area contributed by atoms with Gasteiger partial charge < -0.3 is 8.83 Å². The highest BCUT2D eigenvalue weighted by Crippen LogP contribution is 2.39. The summed E-state index contributed by atoms with van der Waals surface area (Å²) in [6.07, 6.45) is 6.55. The fraction of sp³-hybridized carbons (Fsp3) is 0.0426. The quantitative estimate of drug-likeness (QED) is 0.187. The summed E-state index contributed by atoms with van der Waals surface area (Å²) in [5.41, 5.74) is 11.0. The Morgan fingerprint density at radius 3 is 1.77 bits per heavy atom. The highest BCUT2D eigenvalue weighted by molar-refractivity contribution is 6.13. The lowest BCUT2D eigenvalue weighted by Crippen LogP contribution is -2.01. The van der Waals surface area contributed by atoms with Gasteiger partial charge in [-0.25, -0.2) is 15.0 Å². The van der Waals surface area contributed by atoms with Gasteiger partial charge in [0.15, 0.2) is 17.5 Å². The molecule has 11 rings (SSSR count). The summed E-state index contributed by atoms with van der Waals surface area (Å²) in [5, 5.41) is 6.52. The first-order valence-corrected chi connectivity index (χ1v) is 17.6. The van der Waals surface area contributed by atoms with Gasteiger partial charge in [0.25, 0.3) is 0 Å². The zero-order valence-corrected chi connectivity index (χ0v) is 28.0. The van der Waals surface area contributed by atoms with Crippen molar-refractivity contribution in [2.24, 2.45) is 0 Å². The van der Waals surface area contributed by atoms with Crippen molar-refractivity contribution < 1.29 is 8.83 Å². The van der Waals surface area contributed by atoms with Gasteiger partial charge in [0.1, 0.15) is 22.3 Å². The van der Waals surface area contributed by atoms with Crippen LogP contribution < -0.4 is 0 Å². The molecule has 3 aromatic heterocycles. The molecule has 0 unspecified atom stereocenters. The Hall–Kier alpha value is -6.85. The molecule has 0 saturated heterocycles. The number of furan rings is 2. The molecule has 5 nitrogen and oxygen atoms in total. The van der Waals surface area contributed by atoms with E-state index in [2.05, 4.69) is 103 Å². The van der Waals surface area contributed by atoms with Crippen LogP contribution in [-0.2, 0) is 6.42 Å². The number of rotatable bonds is 4. The average Bonchev–Trinajstić information content (AvgIpc) is 3.79. The van der Waals surface area contributed by atoms with Gasteiger partial charge in [-0.05, 0) is 88.3 Å². The molecular weight excluding hydrogens is 639 g/mol. The van der Waals surface area contributed by atoms with Gasteiger partial charge in [0.2, 0.25) is 0 Å². The van der Waals surface area contributed by atoms with Gasteiger partial charge in [-0.3, -0.25) is 0 Å². The van der Waals surface area contributed by atoms with Gasteiger partial charge in [-0.15, -0.1) is 0 Å². The first kappa shape index (κ1) is 28.9. The average molecular weight is 668 g/mol. The minimum atomic E-state index is 0.609. The summed E-state index contributed by atoms with van der Waals surface area (Å²) < 4.78 is 12.5. The Bertz CT molecular complexity index is 3090. The number of fused-ring (bicyclic) bond motifs is 8. The van der Waals surface area contributed by atoms with Crippen LogP contribution in [-0.4, -0.2) is 15.0 Å². The molecule has 0 N–H and O–H groups in total. The van der Waals surface area contributed by atoms with Gasteiger partial charge >= 0.3 is 0 Å². The SMILES string of the molecule is C1=Cc2cc(-c3nc(-c4ccc5ccc(-c6cccc7oc8ccccc8c67)cc5c4)nc(-c4cccc5oc6ccccc6c45)n3)ccc2CC1. The van der Waals surface area contributed by atoms with E-state index in [0.29, 0.717) is 17.5 Å². The van der Waals surface area contributed by atoms with E-state index in [9.17, 15) is 0 Å². The third-order valence-electron chi connectivity index (χ3n) is 10.4. The fourth-order valence-corrected chi connectivity index (χ4v) is 7.85. The van der Waals surface area contributed by atoms with Crippen LogP contribution in [0.4, 0.5) is 0 Å². The molecule has 5 heteroatoms. The van der Waals surface area contributed by atoms with Crippen molar-refractivity contribution in [1.29, 1.82) is 0 Å². The first-order valence-electron chi connectivity index (χ1n) is 17.6. The number of hydrogen-bond acceptors (Lipinski definition) is 5. The number of allylic oxidation sites excluding steroid dienone is 1. The molecule has 0 atom stereocenters. The number of aromatic nitrogens is 3. The van der Waals surface area contributed by atoms with Gasteiger partial charge in [0.05, 0.1) is 0 Å². The van der Waals surface area contributed by atoms with E-state index in [4.69, 9.17) is 23.8 Å². The number of aryl methyl sites for hydroxylation is 1. The summed E-state index contributed by atoms with van der Waals surface area (Å²) in [4.78, 5) is 15.5. The molecule has 7 aromatic carbocycles. The van der Waals surface area contributed by atoms with Crippen LogP contribution in [0.25, 0.3) is 106 Å². The van der Waals surface area contributed by atoms with E-state index < -0.39 is 0 Å². The van der Waals surface area contributed by atoms with E-state index in [-0.39, 0.29) is 0 Å². The van der Waals surface area contributed by atoms with E-state index in [1.54, 1.807) is 0 Å².